The van der Waals surface area contributed by atoms with E-state index in [2.05, 4.69) is 93.4 Å². The maximum Gasteiger partial charge on any atom is 0.191 e. The monoisotopic (exact) mass is 361 g/mol. The number of guanidine groups is 1. The molecule has 1 rings (SSSR count). The van der Waals surface area contributed by atoms with Crippen molar-refractivity contribution in [1.82, 2.24) is 20.4 Å². The molecule has 5 nitrogen and oxygen atoms in total. The third kappa shape index (κ3) is 8.19. The highest BCUT2D eigenvalue weighted by Gasteiger charge is 2.12. The van der Waals surface area contributed by atoms with Crippen molar-refractivity contribution in [3.63, 3.8) is 0 Å². The Labute approximate surface area is 160 Å². The number of aliphatic imine (C=N–C) groups is 1. The van der Waals surface area contributed by atoms with Crippen LogP contribution in [0, 0.1) is 0 Å². The molecule has 0 unspecified atom stereocenters. The molecule has 0 saturated heterocycles. The van der Waals surface area contributed by atoms with Crippen LogP contribution < -0.4 is 10.6 Å². The highest BCUT2D eigenvalue weighted by molar-refractivity contribution is 5.79. The van der Waals surface area contributed by atoms with Gasteiger partial charge in [0.15, 0.2) is 5.96 Å². The smallest absolute Gasteiger partial charge is 0.191 e. The minimum Gasteiger partial charge on any atom is -0.357 e. The molecule has 1 aromatic carbocycles. The third-order valence-corrected chi connectivity index (χ3v) is 4.35. The Morgan fingerprint density at radius 2 is 1.62 bits per heavy atom. The van der Waals surface area contributed by atoms with Gasteiger partial charge in [0.05, 0.1) is 6.54 Å². The molecule has 0 aliphatic rings. The van der Waals surface area contributed by atoms with Gasteiger partial charge in [-0.3, -0.25) is 4.90 Å². The highest BCUT2D eigenvalue weighted by Crippen LogP contribution is 2.11. The van der Waals surface area contributed by atoms with Gasteiger partial charge in [0.25, 0.3) is 0 Å². The Balaban J connectivity index is 2.69. The van der Waals surface area contributed by atoms with Crippen LogP contribution in [0.25, 0.3) is 0 Å². The van der Waals surface area contributed by atoms with Crippen molar-refractivity contribution in [1.29, 1.82) is 0 Å². The average molecular weight is 362 g/mol. The molecule has 26 heavy (non-hydrogen) atoms. The highest BCUT2D eigenvalue weighted by atomic mass is 15.2. The van der Waals surface area contributed by atoms with E-state index in [4.69, 9.17) is 4.99 Å². The lowest BCUT2D eigenvalue weighted by Crippen LogP contribution is -2.45. The molecule has 0 atom stereocenters. The molecule has 0 saturated carbocycles. The Morgan fingerprint density at radius 1 is 1.00 bits per heavy atom. The largest absolute Gasteiger partial charge is 0.357 e. The first-order valence-electron chi connectivity index (χ1n) is 9.84. The first-order chi connectivity index (χ1) is 12.3. The van der Waals surface area contributed by atoms with Gasteiger partial charge in [-0.05, 0) is 59.8 Å². The number of benzene rings is 1. The standard InChI is InChI=1S/C21H39N5/c1-8-22-21(23-13-14-26(17(2)3)18(4)5)24-15-19-11-9-10-12-20(19)16-25(6)7/h9-12,17-18H,8,13-16H2,1-7H3,(H2,22,23,24). The van der Waals surface area contributed by atoms with E-state index in [0.717, 1.165) is 32.1 Å². The summed E-state index contributed by atoms with van der Waals surface area (Å²) in [5.41, 5.74) is 2.62. The molecule has 0 bridgehead atoms. The molecule has 0 fully saturated rings. The molecular formula is C21H39N5. The predicted molar refractivity (Wildman–Crippen MR) is 114 cm³/mol. The van der Waals surface area contributed by atoms with Crippen LogP contribution in [0.4, 0.5) is 0 Å². The number of rotatable bonds is 10. The van der Waals surface area contributed by atoms with E-state index in [9.17, 15) is 0 Å². The minimum atomic E-state index is 0.550. The molecule has 0 aromatic heterocycles. The van der Waals surface area contributed by atoms with E-state index >= 15 is 0 Å². The second-order valence-corrected chi connectivity index (χ2v) is 7.55. The normalized spacial score (nSPS) is 12.5. The number of hydrogen-bond acceptors (Lipinski definition) is 3. The summed E-state index contributed by atoms with van der Waals surface area (Å²) in [6, 6.07) is 9.65. The molecule has 0 heterocycles. The summed E-state index contributed by atoms with van der Waals surface area (Å²) in [6.45, 7) is 15.5. The molecule has 5 heteroatoms. The van der Waals surface area contributed by atoms with Gasteiger partial charge in [0.1, 0.15) is 0 Å². The van der Waals surface area contributed by atoms with E-state index in [1.54, 1.807) is 0 Å². The van der Waals surface area contributed by atoms with Crippen molar-refractivity contribution >= 4 is 5.96 Å². The Hall–Kier alpha value is -1.59. The summed E-state index contributed by atoms with van der Waals surface area (Å²) in [7, 11) is 4.20. The average Bonchev–Trinajstić information content (AvgIpc) is 2.56. The van der Waals surface area contributed by atoms with E-state index in [1.807, 2.05) is 0 Å². The predicted octanol–water partition coefficient (Wildman–Crippen LogP) is 2.92. The zero-order valence-corrected chi connectivity index (χ0v) is 17.8. The summed E-state index contributed by atoms with van der Waals surface area (Å²) in [4.78, 5) is 9.48. The summed E-state index contributed by atoms with van der Waals surface area (Å²) >= 11 is 0. The summed E-state index contributed by atoms with van der Waals surface area (Å²) in [6.07, 6.45) is 0. The van der Waals surface area contributed by atoms with E-state index in [0.29, 0.717) is 18.6 Å². The van der Waals surface area contributed by atoms with Gasteiger partial charge in [-0.2, -0.15) is 0 Å². The second kappa shape index (κ2) is 11.9. The van der Waals surface area contributed by atoms with Gasteiger partial charge in [0.2, 0.25) is 0 Å². The fraction of sp³-hybridized carbons (Fsp3) is 0.667. The van der Waals surface area contributed by atoms with Crippen molar-refractivity contribution in [2.45, 2.75) is 59.8 Å². The van der Waals surface area contributed by atoms with Gasteiger partial charge < -0.3 is 15.5 Å². The molecule has 1 aromatic rings. The van der Waals surface area contributed by atoms with Crippen LogP contribution in [-0.2, 0) is 13.1 Å². The van der Waals surface area contributed by atoms with Gasteiger partial charge in [-0.25, -0.2) is 4.99 Å². The molecule has 0 aliphatic heterocycles. The summed E-state index contributed by atoms with van der Waals surface area (Å²) in [5.74, 6) is 0.889. The van der Waals surface area contributed by atoms with Crippen LogP contribution >= 0.6 is 0 Å². The van der Waals surface area contributed by atoms with Crippen molar-refractivity contribution in [2.75, 3.05) is 33.7 Å². The van der Waals surface area contributed by atoms with E-state index < -0.39 is 0 Å². The second-order valence-electron chi connectivity index (χ2n) is 7.55. The van der Waals surface area contributed by atoms with Crippen LogP contribution in [0.1, 0.15) is 45.7 Å². The van der Waals surface area contributed by atoms with Crippen molar-refractivity contribution in [3.05, 3.63) is 35.4 Å². The molecule has 148 valence electrons. The van der Waals surface area contributed by atoms with Crippen molar-refractivity contribution in [3.8, 4) is 0 Å². The van der Waals surface area contributed by atoms with Gasteiger partial charge >= 0.3 is 0 Å². The molecular weight excluding hydrogens is 322 g/mol. The summed E-state index contributed by atoms with van der Waals surface area (Å²) in [5, 5.41) is 6.83. The van der Waals surface area contributed by atoms with Crippen LogP contribution in [0.15, 0.2) is 29.3 Å². The molecule has 0 amide bonds. The maximum atomic E-state index is 4.80. The van der Waals surface area contributed by atoms with Crippen LogP contribution in [0.3, 0.4) is 0 Å². The number of nitrogens with one attached hydrogen (secondary N) is 2. The Bertz CT molecular complexity index is 529. The lowest BCUT2D eigenvalue weighted by atomic mass is 10.1. The summed E-state index contributed by atoms with van der Waals surface area (Å²) < 4.78 is 0. The topological polar surface area (TPSA) is 42.9 Å². The SMILES string of the molecule is CCNC(=NCc1ccccc1CN(C)C)NCCN(C(C)C)C(C)C. The van der Waals surface area contributed by atoms with E-state index in [1.165, 1.54) is 11.1 Å². The Kier molecular flexibility index (Phi) is 10.3. The van der Waals surface area contributed by atoms with Gasteiger partial charge in [0, 0.05) is 38.3 Å². The molecule has 0 spiro atoms. The van der Waals surface area contributed by atoms with Gasteiger partial charge in [-0.1, -0.05) is 24.3 Å². The van der Waals surface area contributed by atoms with Gasteiger partial charge in [-0.15, -0.1) is 0 Å². The van der Waals surface area contributed by atoms with Crippen LogP contribution in [0.5, 0.6) is 0 Å². The van der Waals surface area contributed by atoms with Crippen molar-refractivity contribution < 1.29 is 0 Å². The number of hydrogen-bond donors (Lipinski definition) is 2. The zero-order valence-electron chi connectivity index (χ0n) is 17.8. The lowest BCUT2D eigenvalue weighted by molar-refractivity contribution is 0.178. The van der Waals surface area contributed by atoms with Crippen molar-refractivity contribution in [2.24, 2.45) is 4.99 Å². The first kappa shape index (κ1) is 22.5. The lowest BCUT2D eigenvalue weighted by Gasteiger charge is -2.30. The Morgan fingerprint density at radius 3 is 2.15 bits per heavy atom. The number of nitrogens with zero attached hydrogens (tertiary/aromatic N) is 3. The molecule has 0 aliphatic carbocycles. The molecule has 0 radical (unpaired) electrons. The fourth-order valence-electron chi connectivity index (χ4n) is 3.13. The van der Waals surface area contributed by atoms with Crippen LogP contribution in [-0.4, -0.2) is 61.6 Å². The first-order valence-corrected chi connectivity index (χ1v) is 9.84. The minimum absolute atomic E-state index is 0.550. The third-order valence-electron chi connectivity index (χ3n) is 4.35. The fourth-order valence-corrected chi connectivity index (χ4v) is 3.13. The maximum absolute atomic E-state index is 4.80. The molecule has 2 N–H and O–H groups in total. The van der Waals surface area contributed by atoms with Crippen LogP contribution in [0.2, 0.25) is 0 Å². The quantitative estimate of drug-likeness (QED) is 0.497. The van der Waals surface area contributed by atoms with E-state index in [-0.39, 0.29) is 0 Å². The zero-order chi connectivity index (χ0) is 19.5.